The normalized spacial score (nSPS) is 19.0. The van der Waals surface area contributed by atoms with Crippen molar-refractivity contribution in [3.05, 3.63) is 44.7 Å². The van der Waals surface area contributed by atoms with Crippen LogP contribution in [0.3, 0.4) is 0 Å². The average molecular weight is 618 g/mol. The third-order valence-corrected chi connectivity index (χ3v) is 10.8. The molecule has 10 nitrogen and oxygen atoms in total. The van der Waals surface area contributed by atoms with Crippen LogP contribution in [0.5, 0.6) is 5.75 Å². The van der Waals surface area contributed by atoms with E-state index < -0.39 is 33.7 Å². The number of ether oxygens (including phenoxy) is 3. The largest absolute Gasteiger partial charge is 0.496 e. The van der Waals surface area contributed by atoms with Crippen molar-refractivity contribution in [3.63, 3.8) is 0 Å². The number of halogens is 1. The molecule has 0 bridgehead atoms. The van der Waals surface area contributed by atoms with Crippen molar-refractivity contribution < 1.29 is 37.3 Å². The molecular formula is C24H29BrN2O8S2. The smallest absolute Gasteiger partial charge is 0.330 e. The van der Waals surface area contributed by atoms with E-state index in [0.717, 1.165) is 15.6 Å². The lowest BCUT2D eigenvalue weighted by atomic mass is 10.0. The number of para-hydroxylation sites is 1. The molecule has 1 aromatic heterocycles. The first kappa shape index (κ1) is 27.8. The third kappa shape index (κ3) is 4.99. The van der Waals surface area contributed by atoms with Crippen molar-refractivity contribution in [1.82, 2.24) is 4.31 Å². The van der Waals surface area contributed by atoms with Crippen LogP contribution in [0.4, 0.5) is 5.00 Å². The molecule has 1 N–H and O–H groups in total. The summed E-state index contributed by atoms with van der Waals surface area (Å²) in [5.74, 6) is -1.80. The predicted octanol–water partition coefficient (Wildman–Crippen LogP) is 4.13. The molecule has 13 heteroatoms. The summed E-state index contributed by atoms with van der Waals surface area (Å²) in [5, 5.41) is 10.1. The van der Waals surface area contributed by atoms with Gasteiger partial charge < -0.3 is 19.3 Å². The first-order valence-electron chi connectivity index (χ1n) is 11.7. The average Bonchev–Trinajstić information content (AvgIpc) is 3.15. The van der Waals surface area contributed by atoms with E-state index in [1.165, 1.54) is 21.0 Å². The molecular weight excluding hydrogens is 588 g/mol. The lowest BCUT2D eigenvalue weighted by Gasteiger charge is -2.42. The number of aliphatic carboxylic acids is 1. The van der Waals surface area contributed by atoms with E-state index >= 15 is 0 Å². The molecule has 0 aliphatic carbocycles. The molecule has 0 saturated carbocycles. The molecule has 37 heavy (non-hydrogen) atoms. The fraction of sp³-hybridized carbons (Fsp3) is 0.500. The molecule has 2 aliphatic heterocycles. The second-order valence-electron chi connectivity index (χ2n) is 9.33. The second kappa shape index (κ2) is 10.5. The number of hydrogen-bond acceptors (Lipinski definition) is 8. The van der Waals surface area contributed by atoms with Crippen LogP contribution in [0, 0.1) is 6.92 Å². The van der Waals surface area contributed by atoms with Crippen molar-refractivity contribution in [3.8, 4) is 5.75 Å². The summed E-state index contributed by atoms with van der Waals surface area (Å²) in [6.07, 6.45) is 0.333. The maximum Gasteiger partial charge on any atom is 0.330 e. The van der Waals surface area contributed by atoms with Crippen molar-refractivity contribution in [2.75, 3.05) is 31.2 Å². The van der Waals surface area contributed by atoms with Crippen LogP contribution in [0.1, 0.15) is 54.3 Å². The van der Waals surface area contributed by atoms with E-state index in [0.29, 0.717) is 51.0 Å². The Morgan fingerprint density at radius 3 is 2.57 bits per heavy atom. The SMILES string of the molecule is COc1ccccc1[C@H](CN1c2sc(Br)c(C)c2C(=O)N(C(C)(C)C(=O)O)S1(=O)=O)OC1CCOCC1. The number of carboxylic acid groups (broad SMARTS) is 1. The summed E-state index contributed by atoms with van der Waals surface area (Å²) >= 11 is 4.53. The molecule has 1 saturated heterocycles. The molecule has 1 atom stereocenters. The number of amides is 1. The molecule has 0 radical (unpaired) electrons. The Morgan fingerprint density at radius 2 is 1.95 bits per heavy atom. The van der Waals surface area contributed by atoms with Crippen LogP contribution in [0.25, 0.3) is 0 Å². The maximum atomic E-state index is 14.0. The number of thiophene rings is 1. The molecule has 0 unspecified atom stereocenters. The van der Waals surface area contributed by atoms with Gasteiger partial charge in [-0.25, -0.2) is 13.4 Å². The van der Waals surface area contributed by atoms with Gasteiger partial charge >= 0.3 is 16.2 Å². The van der Waals surface area contributed by atoms with Gasteiger partial charge in [-0.05, 0) is 61.2 Å². The standard InChI is InChI=1S/C24H29BrN2O8S2/c1-14-19-21(28)27(24(2,3)23(29)30)37(31,32)26(22(19)36-20(14)25)13-18(35-15-9-11-34-12-10-15)16-7-5-6-8-17(16)33-4/h5-8,15,18H,9-13H2,1-4H3,(H,29,30)/t18-/m0/s1. The number of carboxylic acids is 1. The zero-order valence-electron chi connectivity index (χ0n) is 20.9. The van der Waals surface area contributed by atoms with Gasteiger partial charge in [0.2, 0.25) is 0 Å². The van der Waals surface area contributed by atoms with Crippen LogP contribution in [-0.2, 0) is 24.5 Å². The highest BCUT2D eigenvalue weighted by molar-refractivity contribution is 9.11. The molecule has 1 fully saturated rings. The van der Waals surface area contributed by atoms with Crippen molar-refractivity contribution in [2.24, 2.45) is 0 Å². The minimum Gasteiger partial charge on any atom is -0.496 e. The number of nitrogens with zero attached hydrogens (tertiary/aromatic N) is 2. The van der Waals surface area contributed by atoms with Crippen molar-refractivity contribution >= 4 is 54.4 Å². The van der Waals surface area contributed by atoms with Gasteiger partial charge in [0.25, 0.3) is 5.91 Å². The van der Waals surface area contributed by atoms with Crippen molar-refractivity contribution in [2.45, 2.75) is 51.4 Å². The molecule has 4 rings (SSSR count). The number of carbonyl (C=O) groups excluding carboxylic acids is 1. The fourth-order valence-corrected chi connectivity index (χ4v) is 8.23. The highest BCUT2D eigenvalue weighted by Gasteiger charge is 2.54. The highest BCUT2D eigenvalue weighted by atomic mass is 79.9. The van der Waals surface area contributed by atoms with Gasteiger partial charge in [-0.2, -0.15) is 8.42 Å². The summed E-state index contributed by atoms with van der Waals surface area (Å²) in [6, 6.07) is 7.18. The van der Waals surface area contributed by atoms with Gasteiger partial charge in [-0.1, -0.05) is 18.2 Å². The van der Waals surface area contributed by atoms with Crippen LogP contribution < -0.4 is 9.04 Å². The van der Waals surface area contributed by atoms with E-state index in [9.17, 15) is 23.1 Å². The quantitative estimate of drug-likeness (QED) is 0.469. The zero-order valence-corrected chi connectivity index (χ0v) is 24.1. The number of carbonyl (C=O) groups is 2. The van der Waals surface area contributed by atoms with Crippen molar-refractivity contribution in [1.29, 1.82) is 0 Å². The highest BCUT2D eigenvalue weighted by Crippen LogP contribution is 2.47. The Bertz CT molecular complexity index is 1300. The number of hydrogen-bond donors (Lipinski definition) is 1. The van der Waals surface area contributed by atoms with Gasteiger partial charge in [0.05, 0.1) is 29.1 Å². The number of fused-ring (bicyclic) bond motifs is 1. The Kier molecular flexibility index (Phi) is 7.92. The summed E-state index contributed by atoms with van der Waals surface area (Å²) < 4.78 is 47.7. The van der Waals surface area contributed by atoms with Crippen LogP contribution >= 0.6 is 27.3 Å². The monoisotopic (exact) mass is 616 g/mol. The number of rotatable bonds is 8. The van der Waals surface area contributed by atoms with Gasteiger partial charge in [0.1, 0.15) is 16.9 Å². The fourth-order valence-electron chi connectivity index (χ4n) is 4.46. The molecule has 3 heterocycles. The zero-order chi connectivity index (χ0) is 27.1. The minimum atomic E-state index is -4.62. The van der Waals surface area contributed by atoms with Gasteiger partial charge in [0, 0.05) is 18.8 Å². The number of anilines is 1. The Labute approximate surface area is 228 Å². The Balaban J connectivity index is 1.86. The number of methoxy groups -OCH3 is 1. The van der Waals surface area contributed by atoms with E-state index in [1.54, 1.807) is 25.1 Å². The minimum absolute atomic E-state index is 0.144. The molecule has 1 amide bonds. The van der Waals surface area contributed by atoms with Crippen LogP contribution in [-0.4, -0.2) is 68.2 Å². The van der Waals surface area contributed by atoms with E-state index in [-0.39, 0.29) is 23.2 Å². The topological polar surface area (TPSA) is 123 Å². The molecule has 202 valence electrons. The Hall–Kier alpha value is -2.19. The lowest BCUT2D eigenvalue weighted by molar-refractivity contribution is -0.145. The second-order valence-corrected chi connectivity index (χ2v) is 13.4. The molecule has 0 spiro atoms. The van der Waals surface area contributed by atoms with E-state index in [1.807, 2.05) is 6.07 Å². The number of benzene rings is 1. The third-order valence-electron chi connectivity index (χ3n) is 6.58. The van der Waals surface area contributed by atoms with Gasteiger partial charge in [-0.15, -0.1) is 11.3 Å². The summed E-state index contributed by atoms with van der Waals surface area (Å²) in [7, 11) is -3.09. The summed E-state index contributed by atoms with van der Waals surface area (Å²) in [5.41, 5.74) is -0.712. The van der Waals surface area contributed by atoms with Gasteiger partial charge in [0.15, 0.2) is 5.54 Å². The lowest BCUT2D eigenvalue weighted by Crippen LogP contribution is -2.62. The van der Waals surface area contributed by atoms with Crippen LogP contribution in [0.2, 0.25) is 0 Å². The molecule has 1 aromatic carbocycles. The van der Waals surface area contributed by atoms with E-state index in [4.69, 9.17) is 14.2 Å². The Morgan fingerprint density at radius 1 is 1.30 bits per heavy atom. The predicted molar refractivity (Wildman–Crippen MR) is 142 cm³/mol. The maximum absolute atomic E-state index is 14.0. The molecule has 2 aromatic rings. The van der Waals surface area contributed by atoms with Crippen LogP contribution in [0.15, 0.2) is 28.1 Å². The first-order chi connectivity index (χ1) is 17.4. The van der Waals surface area contributed by atoms with E-state index in [2.05, 4.69) is 15.9 Å². The summed E-state index contributed by atoms with van der Waals surface area (Å²) in [4.78, 5) is 25.6. The first-order valence-corrected chi connectivity index (χ1v) is 14.7. The summed E-state index contributed by atoms with van der Waals surface area (Å²) in [6.45, 7) is 4.94. The molecule has 2 aliphatic rings. The van der Waals surface area contributed by atoms with Gasteiger partial charge in [-0.3, -0.25) is 4.79 Å².